The molecule has 1 aromatic carbocycles. The van der Waals surface area contributed by atoms with E-state index < -0.39 is 11.9 Å². The lowest BCUT2D eigenvalue weighted by Crippen LogP contribution is -2.15. The molecule has 26 heavy (non-hydrogen) atoms. The molecule has 6 heteroatoms. The van der Waals surface area contributed by atoms with E-state index in [1.54, 1.807) is 31.2 Å². The summed E-state index contributed by atoms with van der Waals surface area (Å²) in [6.07, 6.45) is 0.709. The number of carbonyl (C=O) groups excluding carboxylic acids is 1. The Kier molecular flexibility index (Phi) is 6.10. The summed E-state index contributed by atoms with van der Waals surface area (Å²) in [5.41, 5.74) is 9.77. The van der Waals surface area contributed by atoms with E-state index in [0.29, 0.717) is 34.7 Å². The van der Waals surface area contributed by atoms with Gasteiger partial charge in [0.2, 0.25) is 0 Å². The lowest BCUT2D eigenvalue weighted by Gasteiger charge is -2.19. The minimum Gasteiger partial charge on any atom is -0.478 e. The molecule has 0 spiro atoms. The van der Waals surface area contributed by atoms with Crippen molar-refractivity contribution in [3.8, 4) is 11.1 Å². The van der Waals surface area contributed by atoms with Crippen LogP contribution in [0.25, 0.3) is 11.1 Å². The topological polar surface area (TPSA) is 103 Å². The number of carboxylic acids is 1. The van der Waals surface area contributed by atoms with Crippen LogP contribution in [0.4, 0.5) is 0 Å². The van der Waals surface area contributed by atoms with E-state index >= 15 is 0 Å². The van der Waals surface area contributed by atoms with Crippen molar-refractivity contribution in [2.24, 2.45) is 11.7 Å². The fourth-order valence-electron chi connectivity index (χ4n) is 3.05. The van der Waals surface area contributed by atoms with Gasteiger partial charge >= 0.3 is 11.9 Å². The molecular formula is C20H24N2O4. The smallest absolute Gasteiger partial charge is 0.338 e. The van der Waals surface area contributed by atoms with Crippen molar-refractivity contribution in [1.82, 2.24) is 4.98 Å². The van der Waals surface area contributed by atoms with Crippen molar-refractivity contribution < 1.29 is 19.4 Å². The highest BCUT2D eigenvalue weighted by Gasteiger charge is 2.23. The van der Waals surface area contributed by atoms with Crippen molar-refractivity contribution >= 4 is 11.9 Å². The molecule has 2 rings (SSSR count). The SMILES string of the molecule is COC(=O)c1ccc(-c2c(CN)c(CC(C)C)nc(C)c2C(=O)O)cc1. The van der Waals surface area contributed by atoms with E-state index in [9.17, 15) is 14.7 Å². The van der Waals surface area contributed by atoms with Gasteiger partial charge in [0.25, 0.3) is 0 Å². The summed E-state index contributed by atoms with van der Waals surface area (Å²) in [6, 6.07) is 6.66. The monoisotopic (exact) mass is 356 g/mol. The molecule has 1 heterocycles. The Labute approximate surface area is 153 Å². The van der Waals surface area contributed by atoms with Crippen LogP contribution in [0.15, 0.2) is 24.3 Å². The maximum Gasteiger partial charge on any atom is 0.338 e. The quantitative estimate of drug-likeness (QED) is 0.771. The number of benzene rings is 1. The normalized spacial score (nSPS) is 10.8. The molecule has 138 valence electrons. The molecular weight excluding hydrogens is 332 g/mol. The van der Waals surface area contributed by atoms with Gasteiger partial charge in [0.05, 0.1) is 23.9 Å². The van der Waals surface area contributed by atoms with E-state index in [0.717, 1.165) is 11.3 Å². The minimum absolute atomic E-state index is 0.142. The molecule has 3 N–H and O–H groups in total. The molecule has 0 saturated heterocycles. The van der Waals surface area contributed by atoms with Crippen molar-refractivity contribution in [3.05, 3.63) is 52.3 Å². The highest BCUT2D eigenvalue weighted by molar-refractivity contribution is 5.99. The van der Waals surface area contributed by atoms with Gasteiger partial charge in [-0.3, -0.25) is 4.98 Å². The van der Waals surface area contributed by atoms with Gasteiger partial charge in [-0.15, -0.1) is 0 Å². The molecule has 0 aliphatic carbocycles. The number of ether oxygens (including phenoxy) is 1. The van der Waals surface area contributed by atoms with Crippen molar-refractivity contribution in [2.45, 2.75) is 33.7 Å². The summed E-state index contributed by atoms with van der Waals surface area (Å²) in [6.45, 7) is 6.03. The Morgan fingerprint density at radius 2 is 1.85 bits per heavy atom. The van der Waals surface area contributed by atoms with Gasteiger partial charge in [-0.2, -0.15) is 0 Å². The molecule has 0 amide bonds. The van der Waals surface area contributed by atoms with Gasteiger partial charge in [-0.05, 0) is 42.5 Å². The van der Waals surface area contributed by atoms with Crippen LogP contribution < -0.4 is 5.73 Å². The standard InChI is InChI=1S/C20H24N2O4/c1-11(2)9-16-15(10-21)18(17(19(23)24)12(3)22-16)13-5-7-14(8-6-13)20(25)26-4/h5-8,11H,9-10,21H2,1-4H3,(H,23,24). The first-order chi connectivity index (χ1) is 12.3. The largest absolute Gasteiger partial charge is 0.478 e. The summed E-state index contributed by atoms with van der Waals surface area (Å²) < 4.78 is 4.71. The number of rotatable bonds is 6. The van der Waals surface area contributed by atoms with Crippen molar-refractivity contribution in [1.29, 1.82) is 0 Å². The van der Waals surface area contributed by atoms with Gasteiger partial charge in [0, 0.05) is 17.8 Å². The third-order valence-corrected chi connectivity index (χ3v) is 4.18. The molecule has 0 aliphatic rings. The molecule has 2 aromatic rings. The average Bonchev–Trinajstić information content (AvgIpc) is 2.59. The second-order valence-corrected chi connectivity index (χ2v) is 6.55. The van der Waals surface area contributed by atoms with Crippen molar-refractivity contribution in [3.63, 3.8) is 0 Å². The van der Waals surface area contributed by atoms with Crippen LogP contribution >= 0.6 is 0 Å². The van der Waals surface area contributed by atoms with Gasteiger partial charge in [-0.1, -0.05) is 26.0 Å². The van der Waals surface area contributed by atoms with Crippen LogP contribution in [-0.4, -0.2) is 29.1 Å². The van der Waals surface area contributed by atoms with E-state index in [2.05, 4.69) is 18.8 Å². The molecule has 0 radical (unpaired) electrons. The first-order valence-corrected chi connectivity index (χ1v) is 8.44. The van der Waals surface area contributed by atoms with Crippen molar-refractivity contribution in [2.75, 3.05) is 7.11 Å². The van der Waals surface area contributed by atoms with Gasteiger partial charge in [0.1, 0.15) is 0 Å². The zero-order chi connectivity index (χ0) is 19.4. The van der Waals surface area contributed by atoms with Crippen LogP contribution in [0, 0.1) is 12.8 Å². The number of aromatic carboxylic acids is 1. The number of nitrogens with two attached hydrogens (primary N) is 1. The number of hydrogen-bond acceptors (Lipinski definition) is 5. The number of carboxylic acid groups (broad SMARTS) is 1. The Balaban J connectivity index is 2.73. The number of hydrogen-bond donors (Lipinski definition) is 2. The predicted octanol–water partition coefficient (Wildman–Crippen LogP) is 3.20. The zero-order valence-electron chi connectivity index (χ0n) is 15.5. The Morgan fingerprint density at radius 1 is 1.23 bits per heavy atom. The fraction of sp³-hybridized carbons (Fsp3) is 0.350. The van der Waals surface area contributed by atoms with Crippen LogP contribution in [-0.2, 0) is 17.7 Å². The molecule has 0 aliphatic heterocycles. The van der Waals surface area contributed by atoms with Crippen LogP contribution in [0.5, 0.6) is 0 Å². The number of methoxy groups -OCH3 is 1. The second-order valence-electron chi connectivity index (χ2n) is 6.55. The Bertz CT molecular complexity index is 827. The summed E-state index contributed by atoms with van der Waals surface area (Å²) in [5, 5.41) is 9.73. The van der Waals surface area contributed by atoms with Gasteiger partial charge in [-0.25, -0.2) is 9.59 Å². The van der Waals surface area contributed by atoms with Crippen LogP contribution in [0.2, 0.25) is 0 Å². The van der Waals surface area contributed by atoms with E-state index in [4.69, 9.17) is 10.5 Å². The average molecular weight is 356 g/mol. The molecule has 0 saturated carbocycles. The highest BCUT2D eigenvalue weighted by atomic mass is 16.5. The maximum absolute atomic E-state index is 11.9. The maximum atomic E-state index is 11.9. The summed E-state index contributed by atoms with van der Waals surface area (Å²) in [7, 11) is 1.32. The molecule has 6 nitrogen and oxygen atoms in total. The molecule has 1 aromatic heterocycles. The minimum atomic E-state index is -1.05. The second kappa shape index (κ2) is 8.10. The number of aryl methyl sites for hydroxylation is 1. The van der Waals surface area contributed by atoms with E-state index in [1.807, 2.05) is 0 Å². The molecule has 0 atom stereocenters. The lowest BCUT2D eigenvalue weighted by molar-refractivity contribution is 0.0599. The number of esters is 1. The van der Waals surface area contributed by atoms with E-state index in [1.165, 1.54) is 7.11 Å². The highest BCUT2D eigenvalue weighted by Crippen LogP contribution is 2.32. The number of carbonyl (C=O) groups is 2. The molecule has 0 bridgehead atoms. The third-order valence-electron chi connectivity index (χ3n) is 4.18. The number of nitrogens with zero attached hydrogens (tertiary/aromatic N) is 1. The Hall–Kier alpha value is -2.73. The summed E-state index contributed by atoms with van der Waals surface area (Å²) >= 11 is 0. The fourth-order valence-corrected chi connectivity index (χ4v) is 3.05. The molecule has 0 unspecified atom stereocenters. The zero-order valence-corrected chi connectivity index (χ0v) is 15.5. The molecule has 0 fully saturated rings. The predicted molar refractivity (Wildman–Crippen MR) is 99.1 cm³/mol. The number of pyridine rings is 1. The van der Waals surface area contributed by atoms with E-state index in [-0.39, 0.29) is 12.1 Å². The third kappa shape index (κ3) is 3.91. The number of aromatic nitrogens is 1. The summed E-state index contributed by atoms with van der Waals surface area (Å²) in [5.74, 6) is -1.13. The first kappa shape index (κ1) is 19.6. The lowest BCUT2D eigenvalue weighted by atomic mass is 9.90. The summed E-state index contributed by atoms with van der Waals surface area (Å²) in [4.78, 5) is 28.0. The first-order valence-electron chi connectivity index (χ1n) is 8.44. The van der Waals surface area contributed by atoms with Gasteiger partial charge < -0.3 is 15.6 Å². The Morgan fingerprint density at radius 3 is 2.31 bits per heavy atom. The van der Waals surface area contributed by atoms with Crippen LogP contribution in [0.3, 0.4) is 0 Å². The van der Waals surface area contributed by atoms with Gasteiger partial charge in [0.15, 0.2) is 0 Å². The van der Waals surface area contributed by atoms with Crippen LogP contribution in [0.1, 0.15) is 51.5 Å².